The van der Waals surface area contributed by atoms with Gasteiger partial charge in [0.05, 0.1) is 5.69 Å². The molecule has 17 heavy (non-hydrogen) atoms. The molecule has 0 aliphatic heterocycles. The van der Waals surface area contributed by atoms with E-state index in [-0.39, 0.29) is 5.76 Å². The maximum atomic E-state index is 9.66. The summed E-state index contributed by atoms with van der Waals surface area (Å²) in [7, 11) is 0. The molecule has 0 spiro atoms. The van der Waals surface area contributed by atoms with E-state index < -0.39 is 5.54 Å². The first-order valence-electron chi connectivity index (χ1n) is 6.16. The standard InChI is InChI=1S/C14H24N2O/c1-9(2)12-8-16(14(6,7)11(5)17)15-13(12)10(3)4/h8-10,17H,5H2,1-4,6-7H3. The van der Waals surface area contributed by atoms with E-state index >= 15 is 0 Å². The second kappa shape index (κ2) is 4.55. The third-order valence-corrected chi connectivity index (χ3v) is 3.22. The van der Waals surface area contributed by atoms with E-state index in [9.17, 15) is 5.11 Å². The smallest absolute Gasteiger partial charge is 0.113 e. The molecule has 0 amide bonds. The Labute approximate surface area is 104 Å². The normalized spacial score (nSPS) is 12.5. The van der Waals surface area contributed by atoms with Crippen LogP contribution in [0.3, 0.4) is 0 Å². The van der Waals surface area contributed by atoms with Gasteiger partial charge in [0.2, 0.25) is 0 Å². The highest BCUT2D eigenvalue weighted by Gasteiger charge is 2.27. The number of aromatic nitrogens is 2. The van der Waals surface area contributed by atoms with Gasteiger partial charge < -0.3 is 5.11 Å². The Balaban J connectivity index is 3.30. The van der Waals surface area contributed by atoms with E-state index in [4.69, 9.17) is 0 Å². The van der Waals surface area contributed by atoms with E-state index in [0.717, 1.165) is 5.69 Å². The largest absolute Gasteiger partial charge is 0.510 e. The highest BCUT2D eigenvalue weighted by molar-refractivity contribution is 5.25. The molecule has 0 unspecified atom stereocenters. The van der Waals surface area contributed by atoms with Crippen molar-refractivity contribution in [1.82, 2.24) is 9.78 Å². The first-order valence-corrected chi connectivity index (χ1v) is 6.16. The molecule has 1 N–H and O–H groups in total. The number of hydrogen-bond donors (Lipinski definition) is 1. The summed E-state index contributed by atoms with van der Waals surface area (Å²) < 4.78 is 1.82. The molecule has 0 bridgehead atoms. The van der Waals surface area contributed by atoms with Crippen molar-refractivity contribution in [3.05, 3.63) is 29.8 Å². The monoisotopic (exact) mass is 236 g/mol. The fraction of sp³-hybridized carbons (Fsp3) is 0.643. The molecular weight excluding hydrogens is 212 g/mol. The van der Waals surface area contributed by atoms with Crippen molar-refractivity contribution < 1.29 is 5.11 Å². The van der Waals surface area contributed by atoms with Crippen molar-refractivity contribution >= 4 is 0 Å². The Hall–Kier alpha value is -1.25. The van der Waals surface area contributed by atoms with Crippen LogP contribution in [0.4, 0.5) is 0 Å². The molecule has 1 heterocycles. The topological polar surface area (TPSA) is 38.0 Å². The van der Waals surface area contributed by atoms with Crippen molar-refractivity contribution in [2.75, 3.05) is 0 Å². The summed E-state index contributed by atoms with van der Waals surface area (Å²) in [5.74, 6) is 0.950. The van der Waals surface area contributed by atoms with Gasteiger partial charge in [-0.15, -0.1) is 0 Å². The third-order valence-electron chi connectivity index (χ3n) is 3.22. The van der Waals surface area contributed by atoms with Crippen LogP contribution in [0, 0.1) is 0 Å². The van der Waals surface area contributed by atoms with Crippen LogP contribution in [-0.2, 0) is 5.54 Å². The molecule has 0 saturated heterocycles. The minimum Gasteiger partial charge on any atom is -0.510 e. The minimum absolute atomic E-state index is 0.130. The lowest BCUT2D eigenvalue weighted by molar-refractivity contribution is 0.241. The number of rotatable bonds is 4. The molecular formula is C14H24N2O. The van der Waals surface area contributed by atoms with Crippen molar-refractivity contribution in [3.8, 4) is 0 Å². The predicted octanol–water partition coefficient (Wildman–Crippen LogP) is 3.94. The summed E-state index contributed by atoms with van der Waals surface area (Å²) in [6.45, 7) is 16.1. The number of hydrogen-bond acceptors (Lipinski definition) is 2. The van der Waals surface area contributed by atoms with Gasteiger partial charge >= 0.3 is 0 Å². The number of aliphatic hydroxyl groups is 1. The van der Waals surface area contributed by atoms with Gasteiger partial charge in [0, 0.05) is 6.20 Å². The molecule has 96 valence electrons. The Morgan fingerprint density at radius 3 is 2.12 bits per heavy atom. The van der Waals surface area contributed by atoms with Gasteiger partial charge in [0.15, 0.2) is 0 Å². The maximum Gasteiger partial charge on any atom is 0.113 e. The van der Waals surface area contributed by atoms with E-state index in [1.54, 1.807) is 0 Å². The van der Waals surface area contributed by atoms with Gasteiger partial charge in [0.25, 0.3) is 0 Å². The van der Waals surface area contributed by atoms with Crippen LogP contribution in [0.1, 0.15) is 64.6 Å². The second-order valence-corrected chi connectivity index (χ2v) is 5.73. The molecule has 0 atom stereocenters. The van der Waals surface area contributed by atoms with Crippen LogP contribution in [0.2, 0.25) is 0 Å². The van der Waals surface area contributed by atoms with Crippen molar-refractivity contribution in [2.45, 2.75) is 58.9 Å². The SMILES string of the molecule is C=C(O)C(C)(C)n1cc(C(C)C)c(C(C)C)n1. The molecule has 0 fully saturated rings. The Morgan fingerprint density at radius 2 is 1.82 bits per heavy atom. The van der Waals surface area contributed by atoms with Crippen LogP contribution in [0.5, 0.6) is 0 Å². The summed E-state index contributed by atoms with van der Waals surface area (Å²) in [6, 6.07) is 0. The zero-order chi connectivity index (χ0) is 13.4. The van der Waals surface area contributed by atoms with Gasteiger partial charge in [-0.1, -0.05) is 34.3 Å². The first kappa shape index (κ1) is 13.8. The second-order valence-electron chi connectivity index (χ2n) is 5.73. The van der Waals surface area contributed by atoms with Crippen molar-refractivity contribution in [1.29, 1.82) is 0 Å². The van der Waals surface area contributed by atoms with Crippen LogP contribution in [0.25, 0.3) is 0 Å². The molecule has 3 heteroatoms. The fourth-order valence-electron chi connectivity index (χ4n) is 1.71. The highest BCUT2D eigenvalue weighted by Crippen LogP contribution is 2.29. The Morgan fingerprint density at radius 1 is 1.29 bits per heavy atom. The van der Waals surface area contributed by atoms with E-state index in [1.807, 2.05) is 24.7 Å². The summed E-state index contributed by atoms with van der Waals surface area (Å²) >= 11 is 0. The fourth-order valence-corrected chi connectivity index (χ4v) is 1.71. The third kappa shape index (κ3) is 2.54. The van der Waals surface area contributed by atoms with Crippen molar-refractivity contribution in [2.24, 2.45) is 0 Å². The van der Waals surface area contributed by atoms with E-state index in [0.29, 0.717) is 11.8 Å². The molecule has 1 rings (SSSR count). The molecule has 0 saturated carbocycles. The van der Waals surface area contributed by atoms with E-state index in [1.165, 1.54) is 5.56 Å². The molecule has 1 aromatic rings. The quantitative estimate of drug-likeness (QED) is 0.804. The van der Waals surface area contributed by atoms with Crippen molar-refractivity contribution in [3.63, 3.8) is 0 Å². The van der Waals surface area contributed by atoms with Gasteiger partial charge in [-0.25, -0.2) is 0 Å². The zero-order valence-electron chi connectivity index (χ0n) is 11.8. The predicted molar refractivity (Wildman–Crippen MR) is 71.5 cm³/mol. The number of allylic oxidation sites excluding steroid dienone is 1. The molecule has 0 aromatic carbocycles. The maximum absolute atomic E-state index is 9.66. The van der Waals surface area contributed by atoms with Gasteiger partial charge in [-0.05, 0) is 31.2 Å². The van der Waals surface area contributed by atoms with Crippen LogP contribution < -0.4 is 0 Å². The van der Waals surface area contributed by atoms with E-state index in [2.05, 4.69) is 39.4 Å². The lowest BCUT2D eigenvalue weighted by Crippen LogP contribution is -2.29. The lowest BCUT2D eigenvalue weighted by atomic mass is 9.98. The molecule has 3 nitrogen and oxygen atoms in total. The average molecular weight is 236 g/mol. The molecule has 0 aliphatic carbocycles. The Bertz CT molecular complexity index is 388. The summed E-state index contributed by atoms with van der Waals surface area (Å²) in [5.41, 5.74) is 1.79. The summed E-state index contributed by atoms with van der Waals surface area (Å²) in [4.78, 5) is 0. The molecule has 0 aliphatic rings. The van der Waals surface area contributed by atoms with Crippen LogP contribution in [0.15, 0.2) is 18.5 Å². The van der Waals surface area contributed by atoms with Gasteiger partial charge in [-0.2, -0.15) is 5.10 Å². The first-order chi connectivity index (χ1) is 7.67. The van der Waals surface area contributed by atoms with Gasteiger partial charge in [0.1, 0.15) is 11.3 Å². The minimum atomic E-state index is -0.559. The number of nitrogens with zero attached hydrogens (tertiary/aromatic N) is 2. The van der Waals surface area contributed by atoms with Crippen LogP contribution in [-0.4, -0.2) is 14.9 Å². The van der Waals surface area contributed by atoms with Gasteiger partial charge in [-0.3, -0.25) is 4.68 Å². The molecule has 1 aromatic heterocycles. The Kier molecular flexibility index (Phi) is 3.70. The zero-order valence-corrected chi connectivity index (χ0v) is 11.8. The summed E-state index contributed by atoms with van der Waals surface area (Å²) in [5, 5.41) is 14.3. The lowest BCUT2D eigenvalue weighted by Gasteiger charge is -2.23. The van der Waals surface area contributed by atoms with Crippen LogP contribution >= 0.6 is 0 Å². The molecule has 0 radical (unpaired) electrons. The average Bonchev–Trinajstić information content (AvgIpc) is 2.61. The number of aliphatic hydroxyl groups excluding tert-OH is 1. The summed E-state index contributed by atoms with van der Waals surface area (Å²) in [6.07, 6.45) is 2.03. The highest BCUT2D eigenvalue weighted by atomic mass is 16.3.